The molecule has 0 aliphatic rings. The van der Waals surface area contributed by atoms with Crippen molar-refractivity contribution in [3.63, 3.8) is 0 Å². The van der Waals surface area contributed by atoms with Crippen molar-refractivity contribution in [1.82, 2.24) is 4.98 Å². The minimum atomic E-state index is -0.573. The van der Waals surface area contributed by atoms with Gasteiger partial charge >= 0.3 is 6.09 Å². The Kier molecular flexibility index (Phi) is 3.92. The van der Waals surface area contributed by atoms with Crippen LogP contribution in [0.4, 0.5) is 26.4 Å². The number of hydrogen-bond acceptors (Lipinski definition) is 4. The molecule has 6 heteroatoms. The highest BCUT2D eigenvalue weighted by Gasteiger charge is 2.03. The van der Waals surface area contributed by atoms with Gasteiger partial charge in [0.05, 0.1) is 24.7 Å². The smallest absolute Gasteiger partial charge is 0.411 e. The number of anilines is 3. The summed E-state index contributed by atoms with van der Waals surface area (Å²) in [5, 5.41) is 5.31. The second kappa shape index (κ2) is 5.81. The Morgan fingerprint density at radius 1 is 1.26 bits per heavy atom. The lowest BCUT2D eigenvalue weighted by Gasteiger charge is -2.07. The molecule has 1 amide bonds. The maximum atomic E-state index is 13.4. The van der Waals surface area contributed by atoms with E-state index in [1.54, 1.807) is 30.3 Å². The largest absolute Gasteiger partial charge is 0.453 e. The van der Waals surface area contributed by atoms with Crippen LogP contribution in [-0.2, 0) is 4.74 Å². The Morgan fingerprint density at radius 2 is 2.05 bits per heavy atom. The molecule has 0 aliphatic carbocycles. The molecule has 19 heavy (non-hydrogen) atoms. The number of halogens is 1. The predicted molar refractivity (Wildman–Crippen MR) is 69.9 cm³/mol. The van der Waals surface area contributed by atoms with E-state index in [2.05, 4.69) is 20.4 Å². The molecule has 0 bridgehead atoms. The summed E-state index contributed by atoms with van der Waals surface area (Å²) in [5.41, 5.74) is 0.828. The Hall–Kier alpha value is -2.63. The van der Waals surface area contributed by atoms with Gasteiger partial charge < -0.3 is 10.1 Å². The normalized spacial score (nSPS) is 9.79. The first-order chi connectivity index (χ1) is 9.19. The van der Waals surface area contributed by atoms with Crippen LogP contribution in [-0.4, -0.2) is 18.2 Å². The van der Waals surface area contributed by atoms with E-state index < -0.39 is 6.09 Å². The predicted octanol–water partition coefficient (Wildman–Crippen LogP) is 3.14. The summed E-state index contributed by atoms with van der Waals surface area (Å²) in [5.74, 6) is 0.113. The number of para-hydroxylation sites is 1. The van der Waals surface area contributed by atoms with Crippen LogP contribution in [0, 0.1) is 5.82 Å². The van der Waals surface area contributed by atoms with Crippen LogP contribution >= 0.6 is 0 Å². The standard InChI is InChI=1S/C13H12FN3O2/c1-19-13(18)16-9-6-7-12(15-8-9)17-11-5-3-2-4-10(11)14/h2-8H,1H3,(H,15,17)(H,16,18). The van der Waals surface area contributed by atoms with Gasteiger partial charge in [0, 0.05) is 0 Å². The molecule has 2 aromatic rings. The second-order valence-corrected chi connectivity index (χ2v) is 3.65. The fourth-order valence-corrected chi connectivity index (χ4v) is 1.41. The third-order valence-corrected chi connectivity index (χ3v) is 2.33. The molecule has 1 heterocycles. The zero-order valence-corrected chi connectivity index (χ0v) is 10.2. The van der Waals surface area contributed by atoms with E-state index in [9.17, 15) is 9.18 Å². The summed E-state index contributed by atoms with van der Waals surface area (Å²) in [7, 11) is 1.27. The molecule has 98 valence electrons. The van der Waals surface area contributed by atoms with Gasteiger partial charge in [-0.05, 0) is 24.3 Å². The zero-order chi connectivity index (χ0) is 13.7. The van der Waals surface area contributed by atoms with E-state index in [4.69, 9.17) is 0 Å². The lowest BCUT2D eigenvalue weighted by Crippen LogP contribution is -2.11. The van der Waals surface area contributed by atoms with Crippen molar-refractivity contribution in [1.29, 1.82) is 0 Å². The number of nitrogens with one attached hydrogen (secondary N) is 2. The quantitative estimate of drug-likeness (QED) is 0.890. The van der Waals surface area contributed by atoms with Gasteiger partial charge in [-0.25, -0.2) is 14.2 Å². The highest BCUT2D eigenvalue weighted by atomic mass is 19.1. The Bertz CT molecular complexity index is 572. The van der Waals surface area contributed by atoms with Crippen molar-refractivity contribution in [3.8, 4) is 0 Å². The molecule has 2 rings (SSSR count). The highest BCUT2D eigenvalue weighted by Crippen LogP contribution is 2.18. The second-order valence-electron chi connectivity index (χ2n) is 3.65. The topological polar surface area (TPSA) is 63.2 Å². The SMILES string of the molecule is COC(=O)Nc1ccc(Nc2ccccc2F)nc1. The number of amides is 1. The number of methoxy groups -OCH3 is 1. The van der Waals surface area contributed by atoms with Gasteiger partial charge in [-0.3, -0.25) is 5.32 Å². The first-order valence-corrected chi connectivity index (χ1v) is 5.51. The third-order valence-electron chi connectivity index (χ3n) is 2.33. The van der Waals surface area contributed by atoms with E-state index in [1.807, 2.05) is 0 Å². The molecule has 2 N–H and O–H groups in total. The average molecular weight is 261 g/mol. The molecule has 0 saturated carbocycles. The van der Waals surface area contributed by atoms with Crippen LogP contribution in [0.15, 0.2) is 42.6 Å². The average Bonchev–Trinajstić information content (AvgIpc) is 2.43. The first-order valence-electron chi connectivity index (χ1n) is 5.51. The summed E-state index contributed by atoms with van der Waals surface area (Å²) in [6, 6.07) is 9.55. The van der Waals surface area contributed by atoms with Gasteiger partial charge in [-0.15, -0.1) is 0 Å². The highest BCUT2D eigenvalue weighted by molar-refractivity contribution is 5.84. The summed E-state index contributed by atoms with van der Waals surface area (Å²) < 4.78 is 17.9. The van der Waals surface area contributed by atoms with Crippen molar-refractivity contribution in [3.05, 3.63) is 48.4 Å². The molecule has 0 aliphatic heterocycles. The number of aromatic nitrogens is 1. The van der Waals surface area contributed by atoms with Crippen molar-refractivity contribution in [2.24, 2.45) is 0 Å². The van der Waals surface area contributed by atoms with Gasteiger partial charge in [0.25, 0.3) is 0 Å². The number of ether oxygens (including phenoxy) is 1. The van der Waals surface area contributed by atoms with Gasteiger partial charge in [-0.2, -0.15) is 0 Å². The third kappa shape index (κ3) is 3.41. The van der Waals surface area contributed by atoms with E-state index >= 15 is 0 Å². The summed E-state index contributed by atoms with van der Waals surface area (Å²) in [6.07, 6.45) is 0.872. The van der Waals surface area contributed by atoms with Gasteiger partial charge in [-0.1, -0.05) is 12.1 Å². The monoisotopic (exact) mass is 261 g/mol. The molecule has 0 radical (unpaired) electrons. The number of carbonyl (C=O) groups is 1. The molecule has 0 unspecified atom stereocenters. The van der Waals surface area contributed by atoms with E-state index in [0.29, 0.717) is 17.2 Å². The molecular weight excluding hydrogens is 249 g/mol. The Labute approximate surface area is 109 Å². The lowest BCUT2D eigenvalue weighted by molar-refractivity contribution is 0.187. The Balaban J connectivity index is 2.07. The molecule has 1 aromatic carbocycles. The summed E-state index contributed by atoms with van der Waals surface area (Å²) >= 11 is 0. The number of pyridine rings is 1. The Morgan fingerprint density at radius 3 is 2.68 bits per heavy atom. The summed E-state index contributed by atoms with van der Waals surface area (Å²) in [4.78, 5) is 15.0. The molecule has 1 aromatic heterocycles. The van der Waals surface area contributed by atoms with Crippen LogP contribution in [0.5, 0.6) is 0 Å². The van der Waals surface area contributed by atoms with Crippen LogP contribution in [0.25, 0.3) is 0 Å². The minimum Gasteiger partial charge on any atom is -0.453 e. The van der Waals surface area contributed by atoms with E-state index in [1.165, 1.54) is 19.4 Å². The number of nitrogens with zero attached hydrogens (tertiary/aromatic N) is 1. The van der Waals surface area contributed by atoms with Crippen molar-refractivity contribution >= 4 is 23.3 Å². The van der Waals surface area contributed by atoms with Crippen LogP contribution < -0.4 is 10.6 Å². The minimum absolute atomic E-state index is 0.337. The zero-order valence-electron chi connectivity index (χ0n) is 10.2. The van der Waals surface area contributed by atoms with Crippen LogP contribution in [0.1, 0.15) is 0 Å². The molecule has 5 nitrogen and oxygen atoms in total. The van der Waals surface area contributed by atoms with Crippen molar-refractivity contribution in [2.45, 2.75) is 0 Å². The number of hydrogen-bond donors (Lipinski definition) is 2. The van der Waals surface area contributed by atoms with E-state index in [0.717, 1.165) is 0 Å². The number of carbonyl (C=O) groups excluding carboxylic acids is 1. The maximum absolute atomic E-state index is 13.4. The van der Waals surface area contributed by atoms with Gasteiger partial charge in [0.15, 0.2) is 0 Å². The van der Waals surface area contributed by atoms with E-state index in [-0.39, 0.29) is 5.82 Å². The summed E-state index contributed by atoms with van der Waals surface area (Å²) in [6.45, 7) is 0. The maximum Gasteiger partial charge on any atom is 0.411 e. The van der Waals surface area contributed by atoms with Gasteiger partial charge in [0.2, 0.25) is 0 Å². The van der Waals surface area contributed by atoms with Crippen molar-refractivity contribution in [2.75, 3.05) is 17.7 Å². The number of rotatable bonds is 3. The van der Waals surface area contributed by atoms with Crippen molar-refractivity contribution < 1.29 is 13.9 Å². The fourth-order valence-electron chi connectivity index (χ4n) is 1.41. The fraction of sp³-hybridized carbons (Fsp3) is 0.0769. The van der Waals surface area contributed by atoms with Crippen LogP contribution in [0.3, 0.4) is 0 Å². The molecule has 0 atom stereocenters. The van der Waals surface area contributed by atoms with Gasteiger partial charge in [0.1, 0.15) is 11.6 Å². The molecule has 0 spiro atoms. The molecular formula is C13H12FN3O2. The first kappa shape index (κ1) is 12.8. The lowest BCUT2D eigenvalue weighted by atomic mass is 10.3. The van der Waals surface area contributed by atoms with Crippen LogP contribution in [0.2, 0.25) is 0 Å². The molecule has 0 fully saturated rings. The molecule has 0 saturated heterocycles. The number of benzene rings is 1.